The number of hydrogen-bond acceptors (Lipinski definition) is 3. The van der Waals surface area contributed by atoms with Gasteiger partial charge in [-0.2, -0.15) is 0 Å². The fraction of sp³-hybridized carbons (Fsp3) is 0.0500. The molecule has 1 heterocycles. The molecule has 5 nitrogen and oxygen atoms in total. The zero-order valence-corrected chi connectivity index (χ0v) is 15.3. The van der Waals surface area contributed by atoms with Gasteiger partial charge in [0, 0.05) is 10.0 Å². The molecule has 1 N–H and O–H groups in total. The van der Waals surface area contributed by atoms with E-state index >= 15 is 0 Å². The lowest BCUT2D eigenvalue weighted by molar-refractivity contribution is 0.0927. The van der Waals surface area contributed by atoms with Gasteiger partial charge in [-0.15, -0.1) is 5.10 Å². The summed E-state index contributed by atoms with van der Waals surface area (Å²) in [6.45, 7) is 0. The number of para-hydroxylation sites is 1. The Morgan fingerprint density at radius 1 is 0.923 bits per heavy atom. The lowest BCUT2D eigenvalue weighted by Crippen LogP contribution is -2.33. The fourth-order valence-electron chi connectivity index (χ4n) is 2.81. The number of amides is 1. The second-order valence-electron chi connectivity index (χ2n) is 5.82. The molecule has 0 saturated carbocycles. The predicted octanol–water partition coefficient (Wildman–Crippen LogP) is 4.17. The third-order valence-electron chi connectivity index (χ3n) is 4.11. The monoisotopic (exact) mass is 406 g/mol. The molecule has 1 amide bonds. The van der Waals surface area contributed by atoms with E-state index in [9.17, 15) is 4.79 Å². The molecular weight excluding hydrogens is 392 g/mol. The lowest BCUT2D eigenvalue weighted by Gasteiger charge is -2.20. The molecule has 1 aromatic heterocycles. The van der Waals surface area contributed by atoms with Crippen LogP contribution in [0.15, 0.2) is 83.3 Å². The number of nitrogens with one attached hydrogen (secondary N) is 1. The number of aromatic nitrogens is 3. The van der Waals surface area contributed by atoms with Crippen LogP contribution in [0.1, 0.15) is 22.1 Å². The SMILES string of the molecule is O=C(N[C@@H](c1ccccc1)n1nnc2ccccc21)c1ccc(Br)cc1. The number of nitrogens with zero attached hydrogens (tertiary/aromatic N) is 3. The topological polar surface area (TPSA) is 59.8 Å². The Hall–Kier alpha value is -2.99. The van der Waals surface area contributed by atoms with E-state index in [1.54, 1.807) is 16.8 Å². The highest BCUT2D eigenvalue weighted by Crippen LogP contribution is 2.21. The molecule has 0 aliphatic carbocycles. The van der Waals surface area contributed by atoms with Gasteiger partial charge in [0.2, 0.25) is 0 Å². The van der Waals surface area contributed by atoms with Gasteiger partial charge in [-0.05, 0) is 42.0 Å². The first-order valence-corrected chi connectivity index (χ1v) is 8.93. The third-order valence-corrected chi connectivity index (χ3v) is 4.64. The Bertz CT molecular complexity index is 1040. The van der Waals surface area contributed by atoms with Crippen LogP contribution in [0.4, 0.5) is 0 Å². The molecule has 3 aromatic carbocycles. The van der Waals surface area contributed by atoms with Crippen molar-refractivity contribution >= 4 is 32.9 Å². The molecule has 0 unspecified atom stereocenters. The summed E-state index contributed by atoms with van der Waals surface area (Å²) in [4.78, 5) is 12.8. The lowest BCUT2D eigenvalue weighted by atomic mass is 10.1. The maximum atomic E-state index is 12.8. The van der Waals surface area contributed by atoms with E-state index in [0.717, 1.165) is 21.1 Å². The quantitative estimate of drug-likeness (QED) is 0.553. The second kappa shape index (κ2) is 7.09. The maximum Gasteiger partial charge on any atom is 0.253 e. The summed E-state index contributed by atoms with van der Waals surface area (Å²) < 4.78 is 2.66. The molecule has 6 heteroatoms. The molecule has 0 spiro atoms. The molecule has 26 heavy (non-hydrogen) atoms. The van der Waals surface area contributed by atoms with Crippen LogP contribution in [-0.4, -0.2) is 20.9 Å². The van der Waals surface area contributed by atoms with Crippen molar-refractivity contribution in [1.29, 1.82) is 0 Å². The van der Waals surface area contributed by atoms with Gasteiger partial charge in [0.25, 0.3) is 5.91 Å². The van der Waals surface area contributed by atoms with Crippen molar-refractivity contribution in [1.82, 2.24) is 20.3 Å². The average molecular weight is 407 g/mol. The van der Waals surface area contributed by atoms with Gasteiger partial charge in [-0.25, -0.2) is 4.68 Å². The van der Waals surface area contributed by atoms with Crippen molar-refractivity contribution in [2.45, 2.75) is 6.17 Å². The summed E-state index contributed by atoms with van der Waals surface area (Å²) in [5.74, 6) is -0.175. The van der Waals surface area contributed by atoms with Crippen LogP contribution in [0.5, 0.6) is 0 Å². The molecule has 0 aliphatic heterocycles. The minimum atomic E-state index is -0.459. The predicted molar refractivity (Wildman–Crippen MR) is 104 cm³/mol. The van der Waals surface area contributed by atoms with Crippen molar-refractivity contribution in [2.24, 2.45) is 0 Å². The van der Waals surface area contributed by atoms with Gasteiger partial charge in [0.15, 0.2) is 6.17 Å². The first-order valence-electron chi connectivity index (χ1n) is 8.14. The van der Waals surface area contributed by atoms with Gasteiger partial charge < -0.3 is 5.32 Å². The highest BCUT2D eigenvalue weighted by atomic mass is 79.9. The summed E-state index contributed by atoms with van der Waals surface area (Å²) in [6.07, 6.45) is -0.459. The Kier molecular flexibility index (Phi) is 4.50. The van der Waals surface area contributed by atoms with Gasteiger partial charge in [-0.3, -0.25) is 4.79 Å². The maximum absolute atomic E-state index is 12.8. The number of hydrogen-bond donors (Lipinski definition) is 1. The average Bonchev–Trinajstić information content (AvgIpc) is 3.11. The first-order chi connectivity index (χ1) is 12.7. The molecule has 4 aromatic rings. The van der Waals surface area contributed by atoms with Crippen molar-refractivity contribution in [2.75, 3.05) is 0 Å². The normalized spacial score (nSPS) is 12.0. The van der Waals surface area contributed by atoms with E-state index in [-0.39, 0.29) is 5.91 Å². The van der Waals surface area contributed by atoms with E-state index < -0.39 is 6.17 Å². The Morgan fingerprint density at radius 3 is 2.38 bits per heavy atom. The van der Waals surface area contributed by atoms with E-state index in [1.165, 1.54) is 0 Å². The number of fused-ring (bicyclic) bond motifs is 1. The molecule has 128 valence electrons. The van der Waals surface area contributed by atoms with Gasteiger partial charge >= 0.3 is 0 Å². The summed E-state index contributed by atoms with van der Waals surface area (Å²) in [7, 11) is 0. The molecule has 0 saturated heterocycles. The van der Waals surface area contributed by atoms with Gasteiger partial charge in [0.1, 0.15) is 5.52 Å². The van der Waals surface area contributed by atoms with Gasteiger partial charge in [-0.1, -0.05) is 63.6 Å². The summed E-state index contributed by atoms with van der Waals surface area (Å²) in [6, 6.07) is 24.7. The molecule has 0 fully saturated rings. The summed E-state index contributed by atoms with van der Waals surface area (Å²) >= 11 is 3.39. The van der Waals surface area contributed by atoms with Crippen LogP contribution in [0.3, 0.4) is 0 Å². The fourth-order valence-corrected chi connectivity index (χ4v) is 3.07. The number of carbonyl (C=O) groups is 1. The van der Waals surface area contributed by atoms with Crippen LogP contribution in [0.2, 0.25) is 0 Å². The second-order valence-corrected chi connectivity index (χ2v) is 6.73. The van der Waals surface area contributed by atoms with E-state index in [4.69, 9.17) is 0 Å². The zero-order chi connectivity index (χ0) is 17.9. The molecular formula is C20H15BrN4O. The van der Waals surface area contributed by atoms with Crippen LogP contribution in [-0.2, 0) is 0 Å². The molecule has 4 rings (SSSR count). The van der Waals surface area contributed by atoms with Crippen LogP contribution < -0.4 is 5.32 Å². The van der Waals surface area contributed by atoms with Crippen LogP contribution >= 0.6 is 15.9 Å². The number of halogens is 1. The van der Waals surface area contributed by atoms with Crippen LogP contribution in [0.25, 0.3) is 11.0 Å². The number of benzene rings is 3. The van der Waals surface area contributed by atoms with Crippen molar-refractivity contribution in [3.63, 3.8) is 0 Å². The minimum Gasteiger partial charge on any atom is -0.326 e. The highest BCUT2D eigenvalue weighted by molar-refractivity contribution is 9.10. The Balaban J connectivity index is 1.74. The Labute approximate surface area is 158 Å². The molecule has 1 atom stereocenters. The summed E-state index contributed by atoms with van der Waals surface area (Å²) in [5.41, 5.74) is 3.15. The Morgan fingerprint density at radius 2 is 1.62 bits per heavy atom. The van der Waals surface area contributed by atoms with Crippen molar-refractivity contribution in [3.8, 4) is 0 Å². The van der Waals surface area contributed by atoms with Crippen molar-refractivity contribution < 1.29 is 4.79 Å². The smallest absolute Gasteiger partial charge is 0.253 e. The van der Waals surface area contributed by atoms with E-state index in [2.05, 4.69) is 31.6 Å². The number of carbonyl (C=O) groups excluding carboxylic acids is 1. The first kappa shape index (κ1) is 16.5. The highest BCUT2D eigenvalue weighted by Gasteiger charge is 2.20. The van der Waals surface area contributed by atoms with Crippen LogP contribution in [0, 0.1) is 0 Å². The van der Waals surface area contributed by atoms with Gasteiger partial charge in [0.05, 0.1) is 5.52 Å². The van der Waals surface area contributed by atoms with Crippen molar-refractivity contribution in [3.05, 3.63) is 94.5 Å². The minimum absolute atomic E-state index is 0.175. The zero-order valence-electron chi connectivity index (χ0n) is 13.7. The summed E-state index contributed by atoms with van der Waals surface area (Å²) in [5, 5.41) is 11.6. The number of rotatable bonds is 4. The van der Waals surface area contributed by atoms with E-state index in [1.807, 2.05) is 66.7 Å². The standard InChI is InChI=1S/C20H15BrN4O/c21-16-12-10-15(11-13-16)20(26)22-19(14-6-2-1-3-7-14)25-18-9-5-4-8-17(18)23-24-25/h1-13,19H,(H,22,26)/t19-/m1/s1. The van der Waals surface area contributed by atoms with E-state index in [0.29, 0.717) is 5.56 Å². The molecule has 0 bridgehead atoms. The third kappa shape index (κ3) is 3.23. The largest absolute Gasteiger partial charge is 0.326 e. The molecule has 0 aliphatic rings. The molecule has 0 radical (unpaired) electrons.